The van der Waals surface area contributed by atoms with Crippen molar-refractivity contribution in [3.63, 3.8) is 0 Å². The monoisotopic (exact) mass is 262 g/mol. The van der Waals surface area contributed by atoms with E-state index in [1.54, 1.807) is 24.3 Å². The number of nitrogens with one attached hydrogen (secondary N) is 2. The molecule has 2 aromatic rings. The lowest BCUT2D eigenvalue weighted by molar-refractivity contribution is 0.475. The van der Waals surface area contributed by atoms with E-state index in [2.05, 4.69) is 20.6 Å². The summed E-state index contributed by atoms with van der Waals surface area (Å²) in [6, 6.07) is 6.69. The van der Waals surface area contributed by atoms with Crippen molar-refractivity contribution < 1.29 is 5.11 Å². The van der Waals surface area contributed by atoms with Gasteiger partial charge in [0.25, 0.3) is 0 Å². The molecule has 0 aliphatic carbocycles. The Morgan fingerprint density at radius 3 is 2.72 bits per heavy atom. The van der Waals surface area contributed by atoms with Gasteiger partial charge in [0.05, 0.1) is 5.69 Å². The average molecular weight is 263 g/mol. The molecule has 6 heteroatoms. The number of benzene rings is 1. The largest absolute Gasteiger partial charge is 0.508 e. The first kappa shape index (κ1) is 11.3. The number of rotatable bonds is 2. The molecule has 92 valence electrons. The SMILES string of the molecule is Oc1ccc(Nc2nc(Cl)c3c(n2)CNC3)cc1. The van der Waals surface area contributed by atoms with Crippen molar-refractivity contribution in [1.82, 2.24) is 15.3 Å². The maximum absolute atomic E-state index is 9.21. The normalized spacial score (nSPS) is 13.4. The number of aromatic nitrogens is 2. The Hall–Kier alpha value is -1.85. The van der Waals surface area contributed by atoms with Gasteiger partial charge in [-0.05, 0) is 24.3 Å². The average Bonchev–Trinajstić information content (AvgIpc) is 2.81. The first-order valence-electron chi connectivity index (χ1n) is 5.54. The van der Waals surface area contributed by atoms with Gasteiger partial charge in [0.15, 0.2) is 0 Å². The van der Waals surface area contributed by atoms with E-state index in [9.17, 15) is 5.11 Å². The standard InChI is InChI=1S/C12H11ClN4O/c13-11-9-5-14-6-10(9)16-12(17-11)15-7-1-3-8(18)4-2-7/h1-4,14,18H,5-6H2,(H,15,16,17). The van der Waals surface area contributed by atoms with Gasteiger partial charge in [0.1, 0.15) is 10.9 Å². The molecule has 2 heterocycles. The zero-order valence-corrected chi connectivity index (χ0v) is 10.2. The van der Waals surface area contributed by atoms with Crippen LogP contribution in [0.1, 0.15) is 11.3 Å². The number of hydrogen-bond donors (Lipinski definition) is 3. The fourth-order valence-electron chi connectivity index (χ4n) is 1.86. The van der Waals surface area contributed by atoms with Crippen molar-refractivity contribution in [3.05, 3.63) is 40.7 Å². The van der Waals surface area contributed by atoms with Crippen LogP contribution in [0, 0.1) is 0 Å². The molecule has 0 fully saturated rings. The van der Waals surface area contributed by atoms with Crippen LogP contribution in [-0.4, -0.2) is 15.1 Å². The summed E-state index contributed by atoms with van der Waals surface area (Å²) in [4.78, 5) is 8.60. The van der Waals surface area contributed by atoms with E-state index in [4.69, 9.17) is 11.6 Å². The molecule has 1 aliphatic heterocycles. The Morgan fingerprint density at radius 2 is 1.94 bits per heavy atom. The third-order valence-corrected chi connectivity index (χ3v) is 3.07. The Bertz CT molecular complexity index is 585. The van der Waals surface area contributed by atoms with Gasteiger partial charge in [-0.2, -0.15) is 0 Å². The maximum atomic E-state index is 9.21. The highest BCUT2D eigenvalue weighted by atomic mass is 35.5. The van der Waals surface area contributed by atoms with Gasteiger partial charge in [-0.3, -0.25) is 0 Å². The van der Waals surface area contributed by atoms with Crippen LogP contribution in [0.15, 0.2) is 24.3 Å². The Morgan fingerprint density at radius 1 is 1.17 bits per heavy atom. The highest BCUT2D eigenvalue weighted by molar-refractivity contribution is 6.30. The van der Waals surface area contributed by atoms with Crippen molar-refractivity contribution >= 4 is 23.2 Å². The Labute approximate surface area is 109 Å². The highest BCUT2D eigenvalue weighted by Crippen LogP contribution is 2.24. The summed E-state index contributed by atoms with van der Waals surface area (Å²) >= 11 is 6.10. The van der Waals surface area contributed by atoms with Crippen LogP contribution >= 0.6 is 11.6 Å². The van der Waals surface area contributed by atoms with E-state index in [-0.39, 0.29) is 5.75 Å². The summed E-state index contributed by atoms with van der Waals surface area (Å²) in [6.07, 6.45) is 0. The van der Waals surface area contributed by atoms with Crippen molar-refractivity contribution in [1.29, 1.82) is 0 Å². The topological polar surface area (TPSA) is 70.1 Å². The van der Waals surface area contributed by atoms with E-state index in [0.29, 0.717) is 24.2 Å². The molecule has 0 amide bonds. The molecule has 1 aliphatic rings. The van der Waals surface area contributed by atoms with Crippen LogP contribution in [0.3, 0.4) is 0 Å². The van der Waals surface area contributed by atoms with E-state index in [1.807, 2.05) is 0 Å². The molecular formula is C12H11ClN4O. The van der Waals surface area contributed by atoms with Crippen LogP contribution in [0.4, 0.5) is 11.6 Å². The molecular weight excluding hydrogens is 252 g/mol. The maximum Gasteiger partial charge on any atom is 0.228 e. The number of anilines is 2. The van der Waals surface area contributed by atoms with Gasteiger partial charge >= 0.3 is 0 Å². The number of nitrogens with zero attached hydrogens (tertiary/aromatic N) is 2. The Kier molecular flexibility index (Phi) is 2.77. The number of phenolic OH excluding ortho intramolecular Hbond substituents is 1. The highest BCUT2D eigenvalue weighted by Gasteiger charge is 2.17. The van der Waals surface area contributed by atoms with Crippen molar-refractivity contribution in [2.75, 3.05) is 5.32 Å². The molecule has 1 aromatic heterocycles. The molecule has 0 bridgehead atoms. The zero-order chi connectivity index (χ0) is 12.5. The lowest BCUT2D eigenvalue weighted by atomic mass is 10.3. The van der Waals surface area contributed by atoms with Crippen LogP contribution in [0.25, 0.3) is 0 Å². The summed E-state index contributed by atoms with van der Waals surface area (Å²) in [5.41, 5.74) is 2.69. The summed E-state index contributed by atoms with van der Waals surface area (Å²) in [7, 11) is 0. The summed E-state index contributed by atoms with van der Waals surface area (Å²) < 4.78 is 0. The molecule has 3 N–H and O–H groups in total. The minimum absolute atomic E-state index is 0.220. The molecule has 5 nitrogen and oxygen atoms in total. The molecule has 0 unspecified atom stereocenters. The smallest absolute Gasteiger partial charge is 0.228 e. The molecule has 0 saturated heterocycles. The van der Waals surface area contributed by atoms with Gasteiger partial charge < -0.3 is 15.7 Å². The molecule has 0 atom stereocenters. The summed E-state index contributed by atoms with van der Waals surface area (Å²) in [5.74, 6) is 0.686. The van der Waals surface area contributed by atoms with E-state index in [0.717, 1.165) is 16.9 Å². The minimum Gasteiger partial charge on any atom is -0.508 e. The van der Waals surface area contributed by atoms with Crippen molar-refractivity contribution in [3.8, 4) is 5.75 Å². The summed E-state index contributed by atoms with van der Waals surface area (Å²) in [5, 5.41) is 15.9. The van der Waals surface area contributed by atoms with Crippen molar-refractivity contribution in [2.45, 2.75) is 13.1 Å². The molecule has 0 saturated carbocycles. The van der Waals surface area contributed by atoms with Gasteiger partial charge in [0.2, 0.25) is 5.95 Å². The quantitative estimate of drug-likeness (QED) is 0.572. The van der Waals surface area contributed by atoms with Crippen LogP contribution in [-0.2, 0) is 13.1 Å². The second-order valence-corrected chi connectivity index (χ2v) is 4.40. The fourth-order valence-corrected chi connectivity index (χ4v) is 2.11. The molecule has 1 aromatic carbocycles. The number of fused-ring (bicyclic) bond motifs is 1. The Balaban J connectivity index is 1.89. The molecule has 0 spiro atoms. The third-order valence-electron chi connectivity index (χ3n) is 2.76. The third kappa shape index (κ3) is 2.10. The van der Waals surface area contributed by atoms with Gasteiger partial charge in [-0.25, -0.2) is 9.97 Å². The zero-order valence-electron chi connectivity index (χ0n) is 9.44. The predicted octanol–water partition coefficient (Wildman–Crippen LogP) is 2.18. The fraction of sp³-hybridized carbons (Fsp3) is 0.167. The van der Waals surface area contributed by atoms with E-state index >= 15 is 0 Å². The first-order chi connectivity index (χ1) is 8.72. The second kappa shape index (κ2) is 4.44. The van der Waals surface area contributed by atoms with E-state index in [1.165, 1.54) is 0 Å². The molecule has 3 rings (SSSR count). The first-order valence-corrected chi connectivity index (χ1v) is 5.92. The number of phenols is 1. The minimum atomic E-state index is 0.220. The van der Waals surface area contributed by atoms with Crippen LogP contribution in [0.2, 0.25) is 5.15 Å². The lowest BCUT2D eigenvalue weighted by Gasteiger charge is -2.07. The number of halogens is 1. The van der Waals surface area contributed by atoms with Gasteiger partial charge in [-0.1, -0.05) is 11.6 Å². The van der Waals surface area contributed by atoms with Gasteiger partial charge in [-0.15, -0.1) is 0 Å². The van der Waals surface area contributed by atoms with Crippen LogP contribution in [0.5, 0.6) is 5.75 Å². The number of aromatic hydroxyl groups is 1. The number of hydrogen-bond acceptors (Lipinski definition) is 5. The van der Waals surface area contributed by atoms with Gasteiger partial charge in [0, 0.05) is 24.3 Å². The second-order valence-electron chi connectivity index (χ2n) is 4.04. The van der Waals surface area contributed by atoms with Crippen molar-refractivity contribution in [2.24, 2.45) is 0 Å². The van der Waals surface area contributed by atoms with Crippen LogP contribution < -0.4 is 10.6 Å². The summed E-state index contributed by atoms with van der Waals surface area (Å²) in [6.45, 7) is 1.43. The molecule has 0 radical (unpaired) electrons. The van der Waals surface area contributed by atoms with E-state index < -0.39 is 0 Å². The molecule has 18 heavy (non-hydrogen) atoms. The lowest BCUT2D eigenvalue weighted by Crippen LogP contribution is -2.02. The predicted molar refractivity (Wildman–Crippen MR) is 69.0 cm³/mol.